The Balaban J connectivity index is 1.88. The van der Waals surface area contributed by atoms with E-state index in [2.05, 4.69) is 52.9 Å². The van der Waals surface area contributed by atoms with Crippen molar-refractivity contribution < 1.29 is 0 Å². The second-order valence-electron chi connectivity index (χ2n) is 5.68. The Morgan fingerprint density at radius 2 is 1.90 bits per heavy atom. The molecule has 0 N–H and O–H groups in total. The number of likely N-dealkylation sites (N-methyl/N-ethyl adjacent to an activating group) is 1. The van der Waals surface area contributed by atoms with E-state index in [0.717, 1.165) is 26.2 Å². The Morgan fingerprint density at radius 3 is 2.60 bits per heavy atom. The van der Waals surface area contributed by atoms with E-state index >= 15 is 0 Å². The third-order valence-electron chi connectivity index (χ3n) is 4.17. The average molecular weight is 329 g/mol. The van der Waals surface area contributed by atoms with Crippen LogP contribution < -0.4 is 4.90 Å². The fourth-order valence-corrected chi connectivity index (χ4v) is 9.28. The SMILES string of the molecule is CN1CCN(c2ccccc2S2(S)CCCSC2)CC1. The number of para-hydroxylation sites is 1. The third kappa shape index (κ3) is 3.11. The van der Waals surface area contributed by atoms with Crippen molar-refractivity contribution in [3.05, 3.63) is 24.3 Å². The molecule has 2 aliphatic rings. The number of thiol groups is 1. The fraction of sp³-hybridized carbons (Fsp3) is 0.600. The van der Waals surface area contributed by atoms with E-state index in [1.807, 2.05) is 0 Å². The fourth-order valence-electron chi connectivity index (χ4n) is 2.92. The maximum Gasteiger partial charge on any atom is 0.0498 e. The number of hydrogen-bond donors (Lipinski definition) is 1. The highest BCUT2D eigenvalue weighted by atomic mass is 33.1. The molecular weight excluding hydrogens is 304 g/mol. The molecule has 2 saturated heterocycles. The lowest BCUT2D eigenvalue weighted by Gasteiger charge is -2.42. The largest absolute Gasteiger partial charge is 0.368 e. The van der Waals surface area contributed by atoms with Crippen LogP contribution >= 0.6 is 32.5 Å². The monoisotopic (exact) mass is 328 g/mol. The van der Waals surface area contributed by atoms with Gasteiger partial charge in [0.15, 0.2) is 0 Å². The van der Waals surface area contributed by atoms with Crippen molar-refractivity contribution in [2.75, 3.05) is 54.7 Å². The van der Waals surface area contributed by atoms with Crippen molar-refractivity contribution in [2.24, 2.45) is 0 Å². The summed E-state index contributed by atoms with van der Waals surface area (Å²) in [6.45, 7) is 4.61. The number of thioether (sulfide) groups is 1. The lowest BCUT2D eigenvalue weighted by atomic mass is 10.2. The van der Waals surface area contributed by atoms with Crippen LogP contribution in [0.5, 0.6) is 0 Å². The van der Waals surface area contributed by atoms with Crippen LogP contribution in [0, 0.1) is 0 Å². The van der Waals surface area contributed by atoms with E-state index in [1.165, 1.54) is 33.6 Å². The minimum Gasteiger partial charge on any atom is -0.368 e. The van der Waals surface area contributed by atoms with Gasteiger partial charge in [-0.15, -0.1) is 11.7 Å². The zero-order valence-electron chi connectivity index (χ0n) is 12.1. The summed E-state index contributed by atoms with van der Waals surface area (Å²) in [7, 11) is 1.30. The standard InChI is InChI=1S/C15H24N2S3/c1-16-7-9-17(10-8-16)14-5-2-3-6-15(14)20(18)12-4-11-19-13-20/h2-3,5-6,18H,4,7-13H2,1H3. The number of rotatable bonds is 2. The van der Waals surface area contributed by atoms with Crippen molar-refractivity contribution in [1.82, 2.24) is 4.90 Å². The Bertz CT molecular complexity index is 452. The van der Waals surface area contributed by atoms with Crippen LogP contribution in [0.1, 0.15) is 6.42 Å². The van der Waals surface area contributed by atoms with E-state index in [9.17, 15) is 0 Å². The Hall–Kier alpha value is 0.0300. The van der Waals surface area contributed by atoms with Gasteiger partial charge in [0, 0.05) is 41.8 Å². The molecule has 0 aromatic heterocycles. The van der Waals surface area contributed by atoms with Crippen molar-refractivity contribution in [2.45, 2.75) is 11.3 Å². The van der Waals surface area contributed by atoms with Crippen LogP contribution in [0.4, 0.5) is 5.69 Å². The molecule has 1 aromatic carbocycles. The zero-order valence-corrected chi connectivity index (χ0v) is 14.7. The number of nitrogens with zero attached hydrogens (tertiary/aromatic N) is 2. The number of benzene rings is 1. The lowest BCUT2D eigenvalue weighted by Crippen LogP contribution is -2.44. The molecule has 2 aliphatic heterocycles. The summed E-state index contributed by atoms with van der Waals surface area (Å²) >= 11 is 7.26. The normalized spacial score (nSPS) is 31.8. The molecule has 20 heavy (non-hydrogen) atoms. The second kappa shape index (κ2) is 6.42. The van der Waals surface area contributed by atoms with Crippen LogP contribution in [0.2, 0.25) is 0 Å². The van der Waals surface area contributed by atoms with Crippen LogP contribution in [0.25, 0.3) is 0 Å². The summed E-state index contributed by atoms with van der Waals surface area (Å²) in [5.41, 5.74) is 1.45. The highest BCUT2D eigenvalue weighted by Gasteiger charge is 2.29. The Labute approximate surface area is 133 Å². The Morgan fingerprint density at radius 1 is 1.15 bits per heavy atom. The minimum atomic E-state index is -0.910. The summed E-state index contributed by atoms with van der Waals surface area (Å²) in [5, 5.41) is 1.22. The molecule has 1 unspecified atom stereocenters. The first kappa shape index (κ1) is 14.9. The molecule has 0 bridgehead atoms. The zero-order chi connectivity index (χ0) is 14.0. The van der Waals surface area contributed by atoms with E-state index in [-0.39, 0.29) is 0 Å². The van der Waals surface area contributed by atoms with Crippen LogP contribution in [0.3, 0.4) is 0 Å². The highest BCUT2D eigenvalue weighted by Crippen LogP contribution is 2.66. The molecule has 0 aliphatic carbocycles. The van der Waals surface area contributed by atoms with Gasteiger partial charge in [-0.05, 0) is 37.1 Å². The summed E-state index contributed by atoms with van der Waals surface area (Å²) < 4.78 is 0. The van der Waals surface area contributed by atoms with E-state index < -0.39 is 9.06 Å². The number of anilines is 1. The molecule has 1 aromatic rings. The summed E-state index contributed by atoms with van der Waals surface area (Å²) in [4.78, 5) is 6.51. The topological polar surface area (TPSA) is 6.48 Å². The molecule has 2 fully saturated rings. The summed E-state index contributed by atoms with van der Waals surface area (Å²) in [5.74, 6) is 2.60. The van der Waals surface area contributed by atoms with Gasteiger partial charge >= 0.3 is 0 Å². The van der Waals surface area contributed by atoms with Gasteiger partial charge in [0.1, 0.15) is 0 Å². The molecule has 112 valence electrons. The molecule has 2 nitrogen and oxygen atoms in total. The average Bonchev–Trinajstić information content (AvgIpc) is 2.49. The smallest absolute Gasteiger partial charge is 0.0498 e. The summed E-state index contributed by atoms with van der Waals surface area (Å²) in [6.07, 6.45) is 1.32. The van der Waals surface area contributed by atoms with Gasteiger partial charge in [-0.1, -0.05) is 12.1 Å². The predicted molar refractivity (Wildman–Crippen MR) is 97.8 cm³/mol. The van der Waals surface area contributed by atoms with E-state index in [4.69, 9.17) is 11.7 Å². The molecule has 0 amide bonds. The molecule has 2 heterocycles. The Kier molecular flexibility index (Phi) is 4.80. The van der Waals surface area contributed by atoms with E-state index in [1.54, 1.807) is 0 Å². The first-order valence-corrected chi connectivity index (χ1v) is 11.5. The maximum absolute atomic E-state index is 5.17. The van der Waals surface area contributed by atoms with Crippen LogP contribution in [-0.2, 0) is 0 Å². The molecule has 0 spiro atoms. The summed E-state index contributed by atoms with van der Waals surface area (Å²) in [6, 6.07) is 9.02. The molecular formula is C15H24N2S3. The van der Waals surface area contributed by atoms with Gasteiger partial charge in [-0.3, -0.25) is 0 Å². The van der Waals surface area contributed by atoms with E-state index in [0.29, 0.717) is 0 Å². The first-order valence-electron chi connectivity index (χ1n) is 7.30. The minimum absolute atomic E-state index is 0.910. The number of piperazine rings is 1. The van der Waals surface area contributed by atoms with Gasteiger partial charge in [0.25, 0.3) is 0 Å². The van der Waals surface area contributed by atoms with Crippen molar-refractivity contribution >= 4 is 38.2 Å². The highest BCUT2D eigenvalue weighted by molar-refractivity contribution is 8.89. The van der Waals surface area contributed by atoms with Gasteiger partial charge in [0.05, 0.1) is 0 Å². The third-order valence-corrected chi connectivity index (χ3v) is 11.2. The second-order valence-corrected chi connectivity index (χ2v) is 12.1. The number of hydrogen-bond acceptors (Lipinski definition) is 4. The van der Waals surface area contributed by atoms with Crippen molar-refractivity contribution in [1.29, 1.82) is 0 Å². The van der Waals surface area contributed by atoms with Crippen molar-refractivity contribution in [3.63, 3.8) is 0 Å². The quantitative estimate of drug-likeness (QED) is 0.656. The first-order chi connectivity index (χ1) is 9.69. The predicted octanol–water partition coefficient (Wildman–Crippen LogP) is 3.54. The molecule has 1 atom stereocenters. The van der Waals surface area contributed by atoms with Crippen LogP contribution in [-0.4, -0.2) is 54.7 Å². The van der Waals surface area contributed by atoms with Crippen molar-refractivity contribution in [3.8, 4) is 0 Å². The molecule has 0 radical (unpaired) electrons. The van der Waals surface area contributed by atoms with Crippen LogP contribution in [0.15, 0.2) is 29.2 Å². The molecule has 3 rings (SSSR count). The van der Waals surface area contributed by atoms with Gasteiger partial charge in [-0.25, -0.2) is 0 Å². The lowest BCUT2D eigenvalue weighted by molar-refractivity contribution is 0.312. The van der Waals surface area contributed by atoms with Gasteiger partial charge in [0.2, 0.25) is 0 Å². The molecule has 5 heteroatoms. The maximum atomic E-state index is 5.17. The molecule has 0 saturated carbocycles. The van der Waals surface area contributed by atoms with Gasteiger partial charge < -0.3 is 9.80 Å². The van der Waals surface area contributed by atoms with Gasteiger partial charge in [-0.2, -0.15) is 20.8 Å².